The zero-order chi connectivity index (χ0) is 12.0. The molecule has 0 spiro atoms. The van der Waals surface area contributed by atoms with Gasteiger partial charge in [0.05, 0.1) is 7.11 Å². The lowest BCUT2D eigenvalue weighted by molar-refractivity contribution is 0.381. The summed E-state index contributed by atoms with van der Waals surface area (Å²) in [5.41, 5.74) is 0.352. The third-order valence-corrected chi connectivity index (χ3v) is 2.40. The standard InChI is InChI=1S/C11H15F2NOS/c1-15-11-7-9(12)8(6-10(11)13)2-3-14-4-5-16/h6-7,14,16H,2-5H2,1H3. The number of hydrogen-bond donors (Lipinski definition) is 2. The molecule has 90 valence electrons. The molecule has 16 heavy (non-hydrogen) atoms. The predicted molar refractivity (Wildman–Crippen MR) is 63.3 cm³/mol. The van der Waals surface area contributed by atoms with E-state index in [1.165, 1.54) is 13.2 Å². The first-order valence-electron chi connectivity index (χ1n) is 5.02. The van der Waals surface area contributed by atoms with Crippen LogP contribution >= 0.6 is 12.6 Å². The minimum atomic E-state index is -0.534. The second kappa shape index (κ2) is 6.70. The highest BCUT2D eigenvalue weighted by molar-refractivity contribution is 7.80. The minimum Gasteiger partial charge on any atom is -0.494 e. The van der Waals surface area contributed by atoms with Crippen molar-refractivity contribution in [2.75, 3.05) is 26.0 Å². The van der Waals surface area contributed by atoms with E-state index in [0.717, 1.165) is 18.4 Å². The van der Waals surface area contributed by atoms with Crippen molar-refractivity contribution in [2.45, 2.75) is 6.42 Å². The van der Waals surface area contributed by atoms with E-state index in [4.69, 9.17) is 0 Å². The Balaban J connectivity index is 2.63. The van der Waals surface area contributed by atoms with Crippen molar-refractivity contribution in [3.8, 4) is 5.75 Å². The molecule has 0 aliphatic carbocycles. The normalized spacial score (nSPS) is 10.5. The van der Waals surface area contributed by atoms with Gasteiger partial charge in [0.25, 0.3) is 0 Å². The monoisotopic (exact) mass is 247 g/mol. The summed E-state index contributed by atoms with van der Waals surface area (Å²) in [4.78, 5) is 0. The summed E-state index contributed by atoms with van der Waals surface area (Å²) < 4.78 is 31.4. The molecule has 5 heteroatoms. The summed E-state index contributed by atoms with van der Waals surface area (Å²) in [5.74, 6) is -0.317. The molecule has 0 radical (unpaired) electrons. The Morgan fingerprint density at radius 3 is 2.62 bits per heavy atom. The molecule has 1 N–H and O–H groups in total. The van der Waals surface area contributed by atoms with Crippen LogP contribution in [-0.4, -0.2) is 26.0 Å². The van der Waals surface area contributed by atoms with Gasteiger partial charge in [0.15, 0.2) is 11.6 Å². The van der Waals surface area contributed by atoms with E-state index < -0.39 is 11.6 Å². The van der Waals surface area contributed by atoms with Crippen LogP contribution in [0.4, 0.5) is 8.78 Å². The maximum absolute atomic E-state index is 13.4. The number of methoxy groups -OCH3 is 1. The topological polar surface area (TPSA) is 21.3 Å². The van der Waals surface area contributed by atoms with E-state index in [1.54, 1.807) is 0 Å². The van der Waals surface area contributed by atoms with Gasteiger partial charge < -0.3 is 10.1 Å². The van der Waals surface area contributed by atoms with E-state index in [0.29, 0.717) is 18.5 Å². The predicted octanol–water partition coefficient (Wildman–Crippen LogP) is 2.04. The van der Waals surface area contributed by atoms with Crippen LogP contribution in [-0.2, 0) is 6.42 Å². The number of halogens is 2. The molecule has 2 nitrogen and oxygen atoms in total. The molecule has 1 aromatic rings. The zero-order valence-electron chi connectivity index (χ0n) is 9.09. The number of benzene rings is 1. The molecule has 0 amide bonds. The van der Waals surface area contributed by atoms with Gasteiger partial charge in [-0.2, -0.15) is 12.6 Å². The van der Waals surface area contributed by atoms with Gasteiger partial charge in [-0.3, -0.25) is 0 Å². The fourth-order valence-corrected chi connectivity index (χ4v) is 1.50. The van der Waals surface area contributed by atoms with Crippen LogP contribution in [0.15, 0.2) is 12.1 Å². The summed E-state index contributed by atoms with van der Waals surface area (Å²) in [5, 5.41) is 3.06. The van der Waals surface area contributed by atoms with Gasteiger partial charge in [-0.15, -0.1) is 0 Å². The average molecular weight is 247 g/mol. The van der Waals surface area contributed by atoms with E-state index in [1.807, 2.05) is 0 Å². The Morgan fingerprint density at radius 2 is 2.00 bits per heavy atom. The van der Waals surface area contributed by atoms with Crippen molar-refractivity contribution in [1.82, 2.24) is 5.32 Å². The van der Waals surface area contributed by atoms with Gasteiger partial charge >= 0.3 is 0 Å². The lowest BCUT2D eigenvalue weighted by Gasteiger charge is -2.07. The molecule has 0 aliphatic rings. The fraction of sp³-hybridized carbons (Fsp3) is 0.455. The van der Waals surface area contributed by atoms with Gasteiger partial charge in [0, 0.05) is 18.4 Å². The van der Waals surface area contributed by atoms with Crippen LogP contribution in [0.1, 0.15) is 5.56 Å². The van der Waals surface area contributed by atoms with E-state index in [9.17, 15) is 8.78 Å². The molecule has 0 heterocycles. The highest BCUT2D eigenvalue weighted by Gasteiger charge is 2.09. The van der Waals surface area contributed by atoms with Gasteiger partial charge in [0.2, 0.25) is 0 Å². The average Bonchev–Trinajstić information content (AvgIpc) is 2.28. The second-order valence-corrected chi connectivity index (χ2v) is 3.75. The van der Waals surface area contributed by atoms with Crippen molar-refractivity contribution in [3.05, 3.63) is 29.3 Å². The molecule has 0 unspecified atom stereocenters. The molecule has 0 aliphatic heterocycles. The second-order valence-electron chi connectivity index (χ2n) is 3.30. The Labute approximate surface area is 99.4 Å². The van der Waals surface area contributed by atoms with Crippen LogP contribution < -0.4 is 10.1 Å². The van der Waals surface area contributed by atoms with Gasteiger partial charge in [0.1, 0.15) is 5.82 Å². The summed E-state index contributed by atoms with van der Waals surface area (Å²) in [6.07, 6.45) is 0.445. The van der Waals surface area contributed by atoms with Crippen molar-refractivity contribution in [2.24, 2.45) is 0 Å². The summed E-state index contributed by atoms with van der Waals surface area (Å²) in [7, 11) is 1.31. The molecule has 0 saturated carbocycles. The smallest absolute Gasteiger partial charge is 0.165 e. The van der Waals surface area contributed by atoms with Crippen molar-refractivity contribution in [1.29, 1.82) is 0 Å². The van der Waals surface area contributed by atoms with Crippen LogP contribution in [0.25, 0.3) is 0 Å². The Kier molecular flexibility index (Phi) is 5.55. The minimum absolute atomic E-state index is 0.0652. The van der Waals surface area contributed by atoms with Gasteiger partial charge in [-0.05, 0) is 24.6 Å². The van der Waals surface area contributed by atoms with Crippen molar-refractivity contribution >= 4 is 12.6 Å². The Hall–Kier alpha value is -0.810. The third kappa shape index (κ3) is 3.64. The third-order valence-electron chi connectivity index (χ3n) is 2.18. The summed E-state index contributed by atoms with van der Waals surface area (Å²) >= 11 is 4.03. The first-order chi connectivity index (χ1) is 7.69. The van der Waals surface area contributed by atoms with E-state index in [2.05, 4.69) is 22.7 Å². The molecule has 1 aromatic carbocycles. The first kappa shape index (κ1) is 13.3. The van der Waals surface area contributed by atoms with E-state index >= 15 is 0 Å². The van der Waals surface area contributed by atoms with Crippen LogP contribution in [0.2, 0.25) is 0 Å². The van der Waals surface area contributed by atoms with Crippen molar-refractivity contribution in [3.63, 3.8) is 0 Å². The number of rotatable bonds is 6. The maximum atomic E-state index is 13.4. The van der Waals surface area contributed by atoms with Gasteiger partial charge in [-0.25, -0.2) is 8.78 Å². The number of ether oxygens (including phenoxy) is 1. The SMILES string of the molecule is COc1cc(F)c(CCNCCS)cc1F. The molecule has 0 aromatic heterocycles. The van der Waals surface area contributed by atoms with E-state index in [-0.39, 0.29) is 5.75 Å². The summed E-state index contributed by atoms with van der Waals surface area (Å²) in [6.45, 7) is 1.35. The molecular weight excluding hydrogens is 232 g/mol. The maximum Gasteiger partial charge on any atom is 0.165 e. The zero-order valence-corrected chi connectivity index (χ0v) is 9.99. The molecule has 0 fully saturated rings. The Morgan fingerprint density at radius 1 is 1.25 bits per heavy atom. The highest BCUT2D eigenvalue weighted by atomic mass is 32.1. The quantitative estimate of drug-likeness (QED) is 0.593. The highest BCUT2D eigenvalue weighted by Crippen LogP contribution is 2.21. The number of nitrogens with one attached hydrogen (secondary N) is 1. The number of hydrogen-bond acceptors (Lipinski definition) is 3. The van der Waals surface area contributed by atoms with Crippen LogP contribution in [0, 0.1) is 11.6 Å². The Bertz CT molecular complexity index is 347. The van der Waals surface area contributed by atoms with Crippen molar-refractivity contribution < 1.29 is 13.5 Å². The summed E-state index contributed by atoms with van der Waals surface area (Å²) in [6, 6.07) is 2.25. The molecule has 0 bridgehead atoms. The number of thiol groups is 1. The van der Waals surface area contributed by atoms with Gasteiger partial charge in [-0.1, -0.05) is 0 Å². The molecule has 0 saturated heterocycles. The lowest BCUT2D eigenvalue weighted by Crippen LogP contribution is -2.19. The van der Waals surface area contributed by atoms with Crippen LogP contribution in [0.5, 0.6) is 5.75 Å². The molecular formula is C11H15F2NOS. The first-order valence-corrected chi connectivity index (χ1v) is 5.65. The van der Waals surface area contributed by atoms with Crippen LogP contribution in [0.3, 0.4) is 0 Å². The largest absolute Gasteiger partial charge is 0.494 e. The molecule has 0 atom stereocenters. The lowest BCUT2D eigenvalue weighted by atomic mass is 10.1. The fourth-order valence-electron chi connectivity index (χ4n) is 1.34. The molecule has 1 rings (SSSR count).